The highest BCUT2D eigenvalue weighted by Gasteiger charge is 2.48. The molecule has 1 amide bonds. The normalized spacial score (nSPS) is 42.0. The van der Waals surface area contributed by atoms with Crippen molar-refractivity contribution in [1.29, 1.82) is 0 Å². The summed E-state index contributed by atoms with van der Waals surface area (Å²) < 4.78 is 0. The van der Waals surface area contributed by atoms with E-state index < -0.39 is 0 Å². The SMILES string of the molecule is C[C@H]1CC(=O)N[C@]2(CCO)CCC[C@H]12. The molecule has 0 radical (unpaired) electrons. The third-order valence-electron chi connectivity index (χ3n) is 3.99. The van der Waals surface area contributed by atoms with Crippen molar-refractivity contribution in [3.63, 3.8) is 0 Å². The number of carbonyl (C=O) groups is 1. The molecule has 1 aliphatic carbocycles. The van der Waals surface area contributed by atoms with Gasteiger partial charge in [0.05, 0.1) is 0 Å². The van der Waals surface area contributed by atoms with Crippen LogP contribution in [-0.4, -0.2) is 23.2 Å². The van der Waals surface area contributed by atoms with Gasteiger partial charge in [-0.3, -0.25) is 4.79 Å². The molecule has 14 heavy (non-hydrogen) atoms. The predicted molar refractivity (Wildman–Crippen MR) is 53.7 cm³/mol. The Balaban J connectivity index is 2.20. The van der Waals surface area contributed by atoms with Crippen LogP contribution in [-0.2, 0) is 4.79 Å². The minimum atomic E-state index is -0.0660. The smallest absolute Gasteiger partial charge is 0.220 e. The van der Waals surface area contributed by atoms with Crippen LogP contribution in [0.4, 0.5) is 0 Å². The van der Waals surface area contributed by atoms with Crippen molar-refractivity contribution in [2.45, 2.75) is 44.6 Å². The maximum Gasteiger partial charge on any atom is 0.220 e. The first-order chi connectivity index (χ1) is 6.68. The van der Waals surface area contributed by atoms with E-state index in [0.717, 1.165) is 12.8 Å². The molecule has 1 heterocycles. The minimum absolute atomic E-state index is 0.0660. The van der Waals surface area contributed by atoms with Crippen molar-refractivity contribution < 1.29 is 9.90 Å². The van der Waals surface area contributed by atoms with Crippen LogP contribution in [0.2, 0.25) is 0 Å². The summed E-state index contributed by atoms with van der Waals surface area (Å²) in [5.41, 5.74) is -0.0660. The Hall–Kier alpha value is -0.570. The fraction of sp³-hybridized carbons (Fsp3) is 0.909. The number of hydrogen-bond donors (Lipinski definition) is 2. The Labute approximate surface area is 84.9 Å². The van der Waals surface area contributed by atoms with E-state index in [2.05, 4.69) is 12.2 Å². The Morgan fingerprint density at radius 2 is 2.43 bits per heavy atom. The summed E-state index contributed by atoms with van der Waals surface area (Å²) in [6, 6.07) is 0. The molecule has 1 saturated carbocycles. The summed E-state index contributed by atoms with van der Waals surface area (Å²) in [5.74, 6) is 1.24. The van der Waals surface area contributed by atoms with E-state index in [0.29, 0.717) is 18.3 Å². The first-order valence-electron chi connectivity index (χ1n) is 5.60. The van der Waals surface area contributed by atoms with Crippen LogP contribution < -0.4 is 5.32 Å². The molecule has 1 saturated heterocycles. The summed E-state index contributed by atoms with van der Waals surface area (Å²) in [4.78, 5) is 11.5. The summed E-state index contributed by atoms with van der Waals surface area (Å²) >= 11 is 0. The maximum absolute atomic E-state index is 11.5. The highest BCUT2D eigenvalue weighted by atomic mass is 16.3. The van der Waals surface area contributed by atoms with Gasteiger partial charge in [0, 0.05) is 18.6 Å². The standard InChI is InChI=1S/C11H19NO2/c1-8-7-10(14)12-11(5-6-13)4-2-3-9(8)11/h8-9,13H,2-7H2,1H3,(H,12,14)/t8-,9+,11-/m0/s1. The number of fused-ring (bicyclic) bond motifs is 1. The molecular weight excluding hydrogens is 178 g/mol. The van der Waals surface area contributed by atoms with E-state index in [1.54, 1.807) is 0 Å². The van der Waals surface area contributed by atoms with E-state index in [4.69, 9.17) is 5.11 Å². The Kier molecular flexibility index (Phi) is 2.52. The van der Waals surface area contributed by atoms with E-state index in [9.17, 15) is 4.79 Å². The zero-order chi connectivity index (χ0) is 10.2. The molecule has 3 nitrogen and oxygen atoms in total. The number of piperidine rings is 1. The van der Waals surface area contributed by atoms with E-state index >= 15 is 0 Å². The largest absolute Gasteiger partial charge is 0.396 e. The maximum atomic E-state index is 11.5. The van der Waals surface area contributed by atoms with Crippen LogP contribution in [0.5, 0.6) is 0 Å². The average molecular weight is 197 g/mol. The molecule has 0 spiro atoms. The second kappa shape index (κ2) is 3.54. The zero-order valence-electron chi connectivity index (χ0n) is 8.75. The van der Waals surface area contributed by atoms with Crippen molar-refractivity contribution in [1.82, 2.24) is 5.32 Å². The number of hydrogen-bond acceptors (Lipinski definition) is 2. The number of aliphatic hydroxyl groups excluding tert-OH is 1. The van der Waals surface area contributed by atoms with Gasteiger partial charge in [0.2, 0.25) is 5.91 Å². The lowest BCUT2D eigenvalue weighted by atomic mass is 9.72. The van der Waals surface area contributed by atoms with Crippen LogP contribution >= 0.6 is 0 Å². The van der Waals surface area contributed by atoms with Gasteiger partial charge < -0.3 is 10.4 Å². The Bertz CT molecular complexity index is 241. The van der Waals surface area contributed by atoms with Crippen molar-refractivity contribution in [2.75, 3.05) is 6.61 Å². The fourth-order valence-corrected chi connectivity index (χ4v) is 3.42. The van der Waals surface area contributed by atoms with Gasteiger partial charge in [-0.15, -0.1) is 0 Å². The molecular formula is C11H19NO2. The summed E-state index contributed by atoms with van der Waals surface area (Å²) in [6.45, 7) is 2.35. The third-order valence-corrected chi connectivity index (χ3v) is 3.99. The average Bonchev–Trinajstić information content (AvgIpc) is 2.48. The van der Waals surface area contributed by atoms with Crippen molar-refractivity contribution in [2.24, 2.45) is 11.8 Å². The van der Waals surface area contributed by atoms with Crippen LogP contribution in [0, 0.1) is 11.8 Å². The highest BCUT2D eigenvalue weighted by Crippen LogP contribution is 2.45. The molecule has 2 fully saturated rings. The Morgan fingerprint density at radius 3 is 3.14 bits per heavy atom. The zero-order valence-corrected chi connectivity index (χ0v) is 8.75. The summed E-state index contributed by atoms with van der Waals surface area (Å²) in [5, 5.41) is 12.2. The van der Waals surface area contributed by atoms with Gasteiger partial charge in [0.1, 0.15) is 0 Å². The lowest BCUT2D eigenvalue weighted by molar-refractivity contribution is -0.128. The quantitative estimate of drug-likeness (QED) is 0.695. The fourth-order valence-electron chi connectivity index (χ4n) is 3.42. The van der Waals surface area contributed by atoms with Crippen molar-refractivity contribution in [3.05, 3.63) is 0 Å². The molecule has 0 aromatic rings. The van der Waals surface area contributed by atoms with Gasteiger partial charge in [-0.1, -0.05) is 13.3 Å². The van der Waals surface area contributed by atoms with Gasteiger partial charge in [0.15, 0.2) is 0 Å². The Morgan fingerprint density at radius 1 is 1.64 bits per heavy atom. The molecule has 0 bridgehead atoms. The first kappa shape index (κ1) is 9.97. The molecule has 3 atom stereocenters. The van der Waals surface area contributed by atoms with Crippen LogP contribution in [0.15, 0.2) is 0 Å². The number of amides is 1. The van der Waals surface area contributed by atoms with Gasteiger partial charge >= 0.3 is 0 Å². The topological polar surface area (TPSA) is 49.3 Å². The molecule has 80 valence electrons. The minimum Gasteiger partial charge on any atom is -0.396 e. The number of carbonyl (C=O) groups excluding carboxylic acids is 1. The molecule has 0 unspecified atom stereocenters. The second-order valence-electron chi connectivity index (χ2n) is 4.86. The number of aliphatic hydroxyl groups is 1. The molecule has 3 heteroatoms. The number of nitrogens with one attached hydrogen (secondary N) is 1. The third kappa shape index (κ3) is 1.44. The van der Waals surface area contributed by atoms with Crippen LogP contribution in [0.25, 0.3) is 0 Å². The van der Waals surface area contributed by atoms with E-state index in [-0.39, 0.29) is 18.1 Å². The lowest BCUT2D eigenvalue weighted by Gasteiger charge is -2.43. The van der Waals surface area contributed by atoms with Gasteiger partial charge in [-0.25, -0.2) is 0 Å². The van der Waals surface area contributed by atoms with Gasteiger partial charge in [0.25, 0.3) is 0 Å². The molecule has 2 aliphatic rings. The highest BCUT2D eigenvalue weighted by molar-refractivity contribution is 5.78. The van der Waals surface area contributed by atoms with Crippen LogP contribution in [0.3, 0.4) is 0 Å². The summed E-state index contributed by atoms with van der Waals surface area (Å²) in [7, 11) is 0. The number of rotatable bonds is 2. The molecule has 0 aromatic carbocycles. The predicted octanol–water partition coefficient (Wildman–Crippen LogP) is 1.06. The first-order valence-corrected chi connectivity index (χ1v) is 5.60. The van der Waals surface area contributed by atoms with Gasteiger partial charge in [-0.05, 0) is 31.1 Å². The monoisotopic (exact) mass is 197 g/mol. The van der Waals surface area contributed by atoms with Crippen LogP contribution in [0.1, 0.15) is 39.0 Å². The van der Waals surface area contributed by atoms with E-state index in [1.165, 1.54) is 12.8 Å². The van der Waals surface area contributed by atoms with Crippen molar-refractivity contribution in [3.8, 4) is 0 Å². The van der Waals surface area contributed by atoms with E-state index in [1.807, 2.05) is 0 Å². The van der Waals surface area contributed by atoms with Crippen molar-refractivity contribution >= 4 is 5.91 Å². The molecule has 2 rings (SSSR count). The van der Waals surface area contributed by atoms with Gasteiger partial charge in [-0.2, -0.15) is 0 Å². The lowest BCUT2D eigenvalue weighted by Crippen LogP contribution is -2.57. The molecule has 2 N–H and O–H groups in total. The summed E-state index contributed by atoms with van der Waals surface area (Å²) in [6.07, 6.45) is 4.84. The molecule has 0 aromatic heterocycles. The second-order valence-corrected chi connectivity index (χ2v) is 4.86. The molecule has 1 aliphatic heterocycles.